The summed E-state index contributed by atoms with van der Waals surface area (Å²) in [5.74, 6) is -0.873. The van der Waals surface area contributed by atoms with Crippen molar-refractivity contribution in [3.8, 4) is 0 Å². The van der Waals surface area contributed by atoms with Crippen LogP contribution in [-0.2, 0) is 0 Å². The number of hydrogen-bond acceptors (Lipinski definition) is 2. The van der Waals surface area contributed by atoms with Crippen molar-refractivity contribution < 1.29 is 9.18 Å². The van der Waals surface area contributed by atoms with Crippen LogP contribution in [0.15, 0.2) is 47.1 Å². The summed E-state index contributed by atoms with van der Waals surface area (Å²) in [7, 11) is 0. The number of benzene rings is 2. The van der Waals surface area contributed by atoms with Crippen LogP contribution < -0.4 is 5.32 Å². The van der Waals surface area contributed by atoms with Crippen LogP contribution in [0.2, 0.25) is 0 Å². The molecular weight excluding hydrogens is 325 g/mol. The van der Waals surface area contributed by atoms with E-state index in [-0.39, 0.29) is 11.6 Å². The van der Waals surface area contributed by atoms with Gasteiger partial charge in [0.1, 0.15) is 5.82 Å². The number of aromatic nitrogens is 2. The van der Waals surface area contributed by atoms with E-state index in [1.807, 2.05) is 0 Å². The van der Waals surface area contributed by atoms with E-state index in [4.69, 9.17) is 0 Å². The lowest BCUT2D eigenvalue weighted by molar-refractivity contribution is 0.102. The number of carbonyl (C=O) groups is 1. The molecule has 0 saturated carbocycles. The number of aromatic amines is 1. The Morgan fingerprint density at radius 3 is 2.95 bits per heavy atom. The minimum absolute atomic E-state index is 0.127. The van der Waals surface area contributed by atoms with Gasteiger partial charge in [0.15, 0.2) is 0 Å². The minimum atomic E-state index is -0.490. The molecule has 0 aliphatic carbocycles. The van der Waals surface area contributed by atoms with Crippen LogP contribution in [0.1, 0.15) is 10.4 Å². The summed E-state index contributed by atoms with van der Waals surface area (Å²) >= 11 is 3.21. The Morgan fingerprint density at radius 2 is 2.15 bits per heavy atom. The van der Waals surface area contributed by atoms with Gasteiger partial charge >= 0.3 is 0 Å². The van der Waals surface area contributed by atoms with E-state index in [1.165, 1.54) is 6.07 Å². The fraction of sp³-hybridized carbons (Fsp3) is 0. The van der Waals surface area contributed by atoms with E-state index in [0.717, 1.165) is 10.9 Å². The highest BCUT2D eigenvalue weighted by molar-refractivity contribution is 9.10. The first-order valence-corrected chi connectivity index (χ1v) is 6.63. The fourth-order valence-corrected chi connectivity index (χ4v) is 2.32. The number of amides is 1. The van der Waals surface area contributed by atoms with Crippen molar-refractivity contribution in [1.29, 1.82) is 0 Å². The molecule has 0 aliphatic rings. The third-order valence-electron chi connectivity index (χ3n) is 2.91. The maximum atomic E-state index is 13.7. The highest BCUT2D eigenvalue weighted by Crippen LogP contribution is 2.26. The molecule has 1 heterocycles. The Kier molecular flexibility index (Phi) is 3.23. The number of nitrogens with zero attached hydrogens (tertiary/aromatic N) is 1. The van der Waals surface area contributed by atoms with Crippen molar-refractivity contribution in [2.24, 2.45) is 0 Å². The largest absolute Gasteiger partial charge is 0.319 e. The number of para-hydroxylation sites is 1. The van der Waals surface area contributed by atoms with E-state index in [9.17, 15) is 9.18 Å². The molecule has 0 saturated heterocycles. The second-order valence-electron chi connectivity index (χ2n) is 4.22. The van der Waals surface area contributed by atoms with E-state index >= 15 is 0 Å². The van der Waals surface area contributed by atoms with Gasteiger partial charge in [0, 0.05) is 15.4 Å². The van der Waals surface area contributed by atoms with Gasteiger partial charge in [-0.15, -0.1) is 0 Å². The molecule has 0 radical (unpaired) electrons. The van der Waals surface area contributed by atoms with Gasteiger partial charge in [-0.1, -0.05) is 12.1 Å². The van der Waals surface area contributed by atoms with E-state index in [2.05, 4.69) is 31.4 Å². The van der Waals surface area contributed by atoms with Gasteiger partial charge in [0.25, 0.3) is 5.91 Å². The number of carbonyl (C=O) groups excluding carboxylic acids is 1. The van der Waals surface area contributed by atoms with Crippen LogP contribution in [-0.4, -0.2) is 16.1 Å². The van der Waals surface area contributed by atoms with Crippen LogP contribution in [0.3, 0.4) is 0 Å². The van der Waals surface area contributed by atoms with Crippen LogP contribution in [0.5, 0.6) is 0 Å². The Labute approximate surface area is 122 Å². The van der Waals surface area contributed by atoms with Crippen molar-refractivity contribution >= 4 is 38.4 Å². The summed E-state index contributed by atoms with van der Waals surface area (Å²) < 4.78 is 14.2. The summed E-state index contributed by atoms with van der Waals surface area (Å²) in [6, 6.07) is 9.64. The highest BCUT2D eigenvalue weighted by atomic mass is 79.9. The molecule has 6 heteroatoms. The summed E-state index contributed by atoms with van der Waals surface area (Å²) in [6.07, 6.45) is 1.67. The van der Waals surface area contributed by atoms with E-state index < -0.39 is 5.82 Å². The fourth-order valence-electron chi connectivity index (χ4n) is 1.88. The number of nitrogens with one attached hydrogen (secondary N) is 2. The van der Waals surface area contributed by atoms with Gasteiger partial charge in [-0.25, -0.2) is 4.39 Å². The maximum absolute atomic E-state index is 13.7. The molecular formula is C14H9BrFN3O. The number of H-pyrrole nitrogens is 1. The van der Waals surface area contributed by atoms with Crippen LogP contribution >= 0.6 is 15.9 Å². The monoisotopic (exact) mass is 333 g/mol. The standard InChI is InChI=1S/C14H9BrFN3O/c15-10-2-1-3-11(16)13(10)18-14(20)8-4-5-9-7-17-19-12(9)6-8/h1-7H,(H,17,19)(H,18,20). The molecule has 1 amide bonds. The van der Waals surface area contributed by atoms with Crippen LogP contribution in [0, 0.1) is 5.82 Å². The van der Waals surface area contributed by atoms with Crippen molar-refractivity contribution in [3.63, 3.8) is 0 Å². The molecule has 0 bridgehead atoms. The average Bonchev–Trinajstić information content (AvgIpc) is 2.90. The molecule has 0 fully saturated rings. The Morgan fingerprint density at radius 1 is 1.30 bits per heavy atom. The highest BCUT2D eigenvalue weighted by Gasteiger charge is 2.12. The first-order chi connectivity index (χ1) is 9.65. The number of hydrogen-bond donors (Lipinski definition) is 2. The minimum Gasteiger partial charge on any atom is -0.319 e. The molecule has 2 N–H and O–H groups in total. The molecule has 3 aromatic rings. The topological polar surface area (TPSA) is 57.8 Å². The van der Waals surface area contributed by atoms with Gasteiger partial charge in [0.05, 0.1) is 17.4 Å². The first-order valence-electron chi connectivity index (χ1n) is 5.83. The lowest BCUT2D eigenvalue weighted by atomic mass is 10.1. The molecule has 1 aromatic heterocycles. The van der Waals surface area contributed by atoms with Crippen molar-refractivity contribution in [2.45, 2.75) is 0 Å². The van der Waals surface area contributed by atoms with Crippen LogP contribution in [0.25, 0.3) is 10.9 Å². The zero-order valence-electron chi connectivity index (χ0n) is 10.2. The molecule has 4 nitrogen and oxygen atoms in total. The van der Waals surface area contributed by atoms with Crippen molar-refractivity contribution in [2.75, 3.05) is 5.32 Å². The van der Waals surface area contributed by atoms with Gasteiger partial charge in [0.2, 0.25) is 0 Å². The Hall–Kier alpha value is -2.21. The van der Waals surface area contributed by atoms with E-state index in [1.54, 1.807) is 36.5 Å². The lowest BCUT2D eigenvalue weighted by Crippen LogP contribution is -2.13. The molecule has 0 unspecified atom stereocenters. The number of anilines is 1. The third kappa shape index (κ3) is 2.30. The summed E-state index contributed by atoms with van der Waals surface area (Å²) in [4.78, 5) is 12.2. The molecule has 20 heavy (non-hydrogen) atoms. The van der Waals surface area contributed by atoms with Gasteiger partial charge in [-0.3, -0.25) is 9.89 Å². The number of halogens is 2. The summed E-state index contributed by atoms with van der Waals surface area (Å²) in [6.45, 7) is 0. The predicted molar refractivity (Wildman–Crippen MR) is 78.1 cm³/mol. The lowest BCUT2D eigenvalue weighted by Gasteiger charge is -2.08. The van der Waals surface area contributed by atoms with E-state index in [0.29, 0.717) is 10.0 Å². The van der Waals surface area contributed by atoms with Gasteiger partial charge in [-0.05, 0) is 40.2 Å². The normalized spacial score (nSPS) is 10.7. The van der Waals surface area contributed by atoms with Crippen LogP contribution in [0.4, 0.5) is 10.1 Å². The summed E-state index contributed by atoms with van der Waals surface area (Å²) in [5.41, 5.74) is 1.31. The molecule has 3 rings (SSSR count). The first kappa shape index (κ1) is 12.8. The quantitative estimate of drug-likeness (QED) is 0.750. The van der Waals surface area contributed by atoms with Crippen molar-refractivity contribution in [3.05, 3.63) is 58.4 Å². The second-order valence-corrected chi connectivity index (χ2v) is 5.08. The smallest absolute Gasteiger partial charge is 0.255 e. The summed E-state index contributed by atoms with van der Waals surface area (Å²) in [5, 5.41) is 10.1. The molecule has 100 valence electrons. The molecule has 0 aliphatic heterocycles. The SMILES string of the molecule is O=C(Nc1c(F)cccc1Br)c1ccc2cn[nH]c2c1. The Bertz CT molecular complexity index is 780. The molecule has 0 atom stereocenters. The van der Waals surface area contributed by atoms with Gasteiger partial charge < -0.3 is 5.32 Å². The van der Waals surface area contributed by atoms with Gasteiger partial charge in [-0.2, -0.15) is 5.10 Å². The third-order valence-corrected chi connectivity index (χ3v) is 3.57. The number of rotatable bonds is 2. The molecule has 2 aromatic carbocycles. The average molecular weight is 334 g/mol. The maximum Gasteiger partial charge on any atom is 0.255 e. The molecule has 0 spiro atoms. The second kappa shape index (κ2) is 5.05. The van der Waals surface area contributed by atoms with Crippen molar-refractivity contribution in [1.82, 2.24) is 10.2 Å². The predicted octanol–water partition coefficient (Wildman–Crippen LogP) is 3.72. The zero-order chi connectivity index (χ0) is 14.1. The zero-order valence-corrected chi connectivity index (χ0v) is 11.7. The Balaban J connectivity index is 1.92. The number of fused-ring (bicyclic) bond motifs is 1.